The second-order valence-corrected chi connectivity index (χ2v) is 4.59. The van der Waals surface area contributed by atoms with Crippen LogP contribution in [-0.2, 0) is 0 Å². The molecule has 0 aromatic carbocycles. The third-order valence-corrected chi connectivity index (χ3v) is 3.24. The maximum Gasteiger partial charge on any atom is 0.147 e. The zero-order chi connectivity index (χ0) is 11.5. The van der Waals surface area contributed by atoms with Crippen molar-refractivity contribution >= 4 is 23.1 Å². The minimum absolute atomic E-state index is 0.251. The summed E-state index contributed by atoms with van der Waals surface area (Å²) in [4.78, 5) is 6.42. The molecule has 2 heterocycles. The van der Waals surface area contributed by atoms with Gasteiger partial charge in [0.05, 0.1) is 16.9 Å². The average molecular weight is 242 g/mol. The Balaban J connectivity index is 2.08. The molecule has 0 amide bonds. The lowest BCUT2D eigenvalue weighted by atomic mass is 10.1. The Labute approximate surface area is 100 Å². The number of halogens is 1. The van der Waals surface area contributed by atoms with Crippen LogP contribution in [0.3, 0.4) is 0 Å². The maximum absolute atomic E-state index is 8.90. The Bertz CT molecular complexity index is 372. The van der Waals surface area contributed by atoms with Crippen LogP contribution in [0.5, 0.6) is 0 Å². The lowest BCUT2D eigenvalue weighted by molar-refractivity contribution is 0.263. The second-order valence-electron chi connectivity index (χ2n) is 4.19. The van der Waals surface area contributed by atoms with E-state index < -0.39 is 0 Å². The van der Waals surface area contributed by atoms with Gasteiger partial charge in [-0.3, -0.25) is 0 Å². The molecule has 1 aromatic heterocycles. The van der Waals surface area contributed by atoms with E-state index in [1.54, 1.807) is 12.3 Å². The number of pyridine rings is 1. The van der Waals surface area contributed by atoms with Gasteiger partial charge in [0.25, 0.3) is 0 Å². The summed E-state index contributed by atoms with van der Waals surface area (Å²) in [6.45, 7) is 2.11. The Morgan fingerprint density at radius 2 is 2.44 bits per heavy atom. The molecule has 1 saturated heterocycles. The van der Waals surface area contributed by atoms with Gasteiger partial charge in [-0.1, -0.05) is 11.6 Å². The molecule has 1 unspecified atom stereocenters. The molecule has 4 nitrogen and oxygen atoms in total. The molecule has 5 heteroatoms. The Hall–Kier alpha value is -1.00. The highest BCUT2D eigenvalue weighted by Crippen LogP contribution is 2.30. The summed E-state index contributed by atoms with van der Waals surface area (Å²) in [6, 6.07) is 1.73. The van der Waals surface area contributed by atoms with E-state index >= 15 is 0 Å². The van der Waals surface area contributed by atoms with E-state index in [1.807, 2.05) is 0 Å². The molecule has 0 spiro atoms. The molecule has 1 aliphatic rings. The van der Waals surface area contributed by atoms with Gasteiger partial charge in [0, 0.05) is 19.7 Å². The first-order chi connectivity index (χ1) is 7.70. The van der Waals surface area contributed by atoms with E-state index in [2.05, 4.69) is 9.88 Å². The standard InChI is InChI=1S/C11H16ClN3O/c12-10-5-9(13)6-14-11(10)15-3-1-8(7-15)2-4-16/h5-6,8,16H,1-4,7,13H2. The van der Waals surface area contributed by atoms with Crippen molar-refractivity contribution in [2.45, 2.75) is 12.8 Å². The molecular formula is C11H16ClN3O. The van der Waals surface area contributed by atoms with Crippen LogP contribution in [-0.4, -0.2) is 29.8 Å². The highest BCUT2D eigenvalue weighted by Gasteiger charge is 2.24. The fourth-order valence-electron chi connectivity index (χ4n) is 2.12. The van der Waals surface area contributed by atoms with Crippen molar-refractivity contribution in [2.24, 2.45) is 5.92 Å². The summed E-state index contributed by atoms with van der Waals surface area (Å²) < 4.78 is 0. The van der Waals surface area contributed by atoms with Gasteiger partial charge in [0.15, 0.2) is 0 Å². The van der Waals surface area contributed by atoms with Gasteiger partial charge in [-0.2, -0.15) is 0 Å². The summed E-state index contributed by atoms with van der Waals surface area (Å²) >= 11 is 6.10. The molecule has 16 heavy (non-hydrogen) atoms. The van der Waals surface area contributed by atoms with E-state index in [-0.39, 0.29) is 6.61 Å². The molecule has 88 valence electrons. The molecule has 1 atom stereocenters. The lowest BCUT2D eigenvalue weighted by Gasteiger charge is -2.18. The highest BCUT2D eigenvalue weighted by molar-refractivity contribution is 6.33. The first-order valence-electron chi connectivity index (χ1n) is 5.47. The molecule has 0 radical (unpaired) electrons. The number of aromatic nitrogens is 1. The summed E-state index contributed by atoms with van der Waals surface area (Å²) in [5.74, 6) is 1.34. The molecule has 2 rings (SSSR count). The molecule has 0 saturated carbocycles. The molecular weight excluding hydrogens is 226 g/mol. The SMILES string of the molecule is Nc1cnc(N2CCC(CCO)C2)c(Cl)c1. The predicted molar refractivity (Wildman–Crippen MR) is 65.7 cm³/mol. The molecule has 3 N–H and O–H groups in total. The Morgan fingerprint density at radius 3 is 3.12 bits per heavy atom. The number of rotatable bonds is 3. The zero-order valence-electron chi connectivity index (χ0n) is 9.06. The van der Waals surface area contributed by atoms with Crippen LogP contribution in [0.1, 0.15) is 12.8 Å². The van der Waals surface area contributed by atoms with Crippen LogP contribution < -0.4 is 10.6 Å². The number of anilines is 2. The Kier molecular flexibility index (Phi) is 3.51. The van der Waals surface area contributed by atoms with Crippen molar-refractivity contribution in [3.8, 4) is 0 Å². The minimum atomic E-state index is 0.251. The summed E-state index contributed by atoms with van der Waals surface area (Å²) in [5.41, 5.74) is 6.19. The van der Waals surface area contributed by atoms with Crippen molar-refractivity contribution in [3.05, 3.63) is 17.3 Å². The van der Waals surface area contributed by atoms with E-state index in [0.29, 0.717) is 16.6 Å². The summed E-state index contributed by atoms with van der Waals surface area (Å²) in [6.07, 6.45) is 3.56. The predicted octanol–water partition coefficient (Wildman–Crippen LogP) is 1.53. The molecule has 1 fully saturated rings. The minimum Gasteiger partial charge on any atom is -0.397 e. The Morgan fingerprint density at radius 1 is 1.62 bits per heavy atom. The number of aliphatic hydroxyl groups is 1. The normalized spacial score (nSPS) is 20.4. The third kappa shape index (κ3) is 2.39. The van der Waals surface area contributed by atoms with Crippen molar-refractivity contribution in [1.29, 1.82) is 0 Å². The molecule has 1 aliphatic heterocycles. The summed E-state index contributed by atoms with van der Waals surface area (Å²) in [7, 11) is 0. The van der Waals surface area contributed by atoms with Crippen molar-refractivity contribution < 1.29 is 5.11 Å². The van der Waals surface area contributed by atoms with Crippen molar-refractivity contribution in [1.82, 2.24) is 4.98 Å². The quantitative estimate of drug-likeness (QED) is 0.843. The number of hydrogen-bond acceptors (Lipinski definition) is 4. The van der Waals surface area contributed by atoms with Crippen LogP contribution in [0, 0.1) is 5.92 Å². The number of nitrogens with two attached hydrogens (primary N) is 1. The first kappa shape index (κ1) is 11.5. The van der Waals surface area contributed by atoms with Gasteiger partial charge < -0.3 is 15.7 Å². The number of nitrogen functional groups attached to an aromatic ring is 1. The van der Waals surface area contributed by atoms with Gasteiger partial charge in [0.2, 0.25) is 0 Å². The average Bonchev–Trinajstić information content (AvgIpc) is 2.67. The van der Waals surface area contributed by atoms with Gasteiger partial charge in [0.1, 0.15) is 5.82 Å². The fourth-order valence-corrected chi connectivity index (χ4v) is 2.42. The van der Waals surface area contributed by atoms with Gasteiger partial charge >= 0.3 is 0 Å². The summed E-state index contributed by atoms with van der Waals surface area (Å²) in [5, 5.41) is 9.50. The van der Waals surface area contributed by atoms with Crippen molar-refractivity contribution in [3.63, 3.8) is 0 Å². The number of hydrogen-bond donors (Lipinski definition) is 2. The second kappa shape index (κ2) is 4.89. The first-order valence-corrected chi connectivity index (χ1v) is 5.85. The van der Waals surface area contributed by atoms with Crippen molar-refractivity contribution in [2.75, 3.05) is 30.3 Å². The highest BCUT2D eigenvalue weighted by atomic mass is 35.5. The van der Waals surface area contributed by atoms with Crippen LogP contribution >= 0.6 is 11.6 Å². The monoisotopic (exact) mass is 241 g/mol. The van der Waals surface area contributed by atoms with E-state index in [0.717, 1.165) is 31.7 Å². The van der Waals surface area contributed by atoms with Gasteiger partial charge in [-0.25, -0.2) is 4.98 Å². The van der Waals surface area contributed by atoms with Crippen LogP contribution in [0.25, 0.3) is 0 Å². The molecule has 0 aliphatic carbocycles. The molecule has 1 aromatic rings. The van der Waals surface area contributed by atoms with E-state index in [1.165, 1.54) is 0 Å². The third-order valence-electron chi connectivity index (χ3n) is 2.97. The molecule has 0 bridgehead atoms. The van der Waals surface area contributed by atoms with Crippen LogP contribution in [0.15, 0.2) is 12.3 Å². The van der Waals surface area contributed by atoms with E-state index in [9.17, 15) is 0 Å². The maximum atomic E-state index is 8.90. The van der Waals surface area contributed by atoms with E-state index in [4.69, 9.17) is 22.4 Å². The number of aliphatic hydroxyl groups excluding tert-OH is 1. The van der Waals surface area contributed by atoms with Gasteiger partial charge in [-0.05, 0) is 24.8 Å². The van der Waals surface area contributed by atoms with Crippen LogP contribution in [0.4, 0.5) is 11.5 Å². The fraction of sp³-hybridized carbons (Fsp3) is 0.545. The van der Waals surface area contributed by atoms with Crippen LogP contribution in [0.2, 0.25) is 5.02 Å². The smallest absolute Gasteiger partial charge is 0.147 e. The topological polar surface area (TPSA) is 62.4 Å². The largest absolute Gasteiger partial charge is 0.397 e. The lowest BCUT2D eigenvalue weighted by Crippen LogP contribution is -2.21. The number of nitrogens with zero attached hydrogens (tertiary/aromatic N) is 2. The van der Waals surface area contributed by atoms with Gasteiger partial charge in [-0.15, -0.1) is 0 Å². The zero-order valence-corrected chi connectivity index (χ0v) is 9.82.